The van der Waals surface area contributed by atoms with E-state index in [0.29, 0.717) is 6.42 Å². The van der Waals surface area contributed by atoms with Gasteiger partial charge in [0.1, 0.15) is 0 Å². The second kappa shape index (κ2) is 8.98. The maximum atomic E-state index is 12.3. The lowest BCUT2D eigenvalue weighted by molar-refractivity contribution is -0.133. The summed E-state index contributed by atoms with van der Waals surface area (Å²) in [5.41, 5.74) is 3.82. The number of hydrogen-bond donors (Lipinski definition) is 2. The minimum absolute atomic E-state index is 0.0233. The first-order valence-electron chi connectivity index (χ1n) is 8.70. The fraction of sp³-hybridized carbons (Fsp3) is 0.286. The van der Waals surface area contributed by atoms with Crippen LogP contribution in [0.1, 0.15) is 33.5 Å². The number of carbonyl (C=O) groups excluding carboxylic acids is 2. The van der Waals surface area contributed by atoms with Crippen LogP contribution in [0, 0.1) is 13.8 Å². The number of nitrogens with zero attached hydrogens (tertiary/aromatic N) is 1. The number of carbonyl (C=O) groups is 3. The Morgan fingerprint density at radius 2 is 1.59 bits per heavy atom. The summed E-state index contributed by atoms with van der Waals surface area (Å²) in [5.74, 6) is -1.37. The van der Waals surface area contributed by atoms with E-state index in [9.17, 15) is 14.4 Å². The molecular weight excluding hydrogens is 344 g/mol. The van der Waals surface area contributed by atoms with E-state index in [1.807, 2.05) is 32.0 Å². The van der Waals surface area contributed by atoms with Crippen LogP contribution in [0.3, 0.4) is 0 Å². The molecule has 0 bridgehead atoms. The van der Waals surface area contributed by atoms with Crippen LogP contribution < -0.4 is 5.32 Å². The quantitative estimate of drug-likeness (QED) is 0.786. The van der Waals surface area contributed by atoms with Gasteiger partial charge in [0.2, 0.25) is 11.8 Å². The zero-order valence-corrected chi connectivity index (χ0v) is 15.8. The Labute approximate surface area is 158 Å². The standard InChI is InChI=1S/C21H24N2O4/c1-14-5-4-6-15(2)20(14)22-18(24)13-23(3)19(25)12-9-16-7-10-17(11-8-16)21(26)27/h4-8,10-11H,9,12-13H2,1-3H3,(H,22,24)(H,26,27). The van der Waals surface area contributed by atoms with Crippen molar-refractivity contribution in [1.29, 1.82) is 0 Å². The van der Waals surface area contributed by atoms with Crippen molar-refractivity contribution in [2.45, 2.75) is 26.7 Å². The molecule has 27 heavy (non-hydrogen) atoms. The molecule has 2 aromatic rings. The molecule has 142 valence electrons. The summed E-state index contributed by atoms with van der Waals surface area (Å²) in [6.07, 6.45) is 0.737. The molecule has 0 aliphatic heterocycles. The highest BCUT2D eigenvalue weighted by Crippen LogP contribution is 2.19. The molecule has 0 unspecified atom stereocenters. The van der Waals surface area contributed by atoms with Gasteiger partial charge in [0, 0.05) is 19.2 Å². The van der Waals surface area contributed by atoms with E-state index in [-0.39, 0.29) is 30.3 Å². The average Bonchev–Trinajstić information content (AvgIpc) is 2.63. The fourth-order valence-corrected chi connectivity index (χ4v) is 2.75. The van der Waals surface area contributed by atoms with Gasteiger partial charge >= 0.3 is 5.97 Å². The molecule has 0 atom stereocenters. The molecule has 0 aliphatic rings. The summed E-state index contributed by atoms with van der Waals surface area (Å²) in [4.78, 5) is 36.8. The highest BCUT2D eigenvalue weighted by atomic mass is 16.4. The zero-order valence-electron chi connectivity index (χ0n) is 15.8. The first kappa shape index (κ1) is 20.2. The first-order valence-corrected chi connectivity index (χ1v) is 8.70. The monoisotopic (exact) mass is 368 g/mol. The van der Waals surface area contributed by atoms with Gasteiger partial charge in [-0.15, -0.1) is 0 Å². The highest BCUT2D eigenvalue weighted by molar-refractivity contribution is 5.95. The molecular formula is C21H24N2O4. The van der Waals surface area contributed by atoms with Gasteiger partial charge in [-0.2, -0.15) is 0 Å². The van der Waals surface area contributed by atoms with Gasteiger partial charge < -0.3 is 15.3 Å². The number of aryl methyl sites for hydroxylation is 3. The smallest absolute Gasteiger partial charge is 0.335 e. The number of nitrogens with one attached hydrogen (secondary N) is 1. The van der Waals surface area contributed by atoms with Crippen LogP contribution in [0.4, 0.5) is 5.69 Å². The van der Waals surface area contributed by atoms with Crippen LogP contribution in [0.15, 0.2) is 42.5 Å². The van der Waals surface area contributed by atoms with Crippen molar-refractivity contribution in [2.75, 3.05) is 18.9 Å². The van der Waals surface area contributed by atoms with Crippen molar-refractivity contribution in [2.24, 2.45) is 0 Å². The van der Waals surface area contributed by atoms with Crippen molar-refractivity contribution in [1.82, 2.24) is 4.90 Å². The number of rotatable bonds is 7. The molecule has 0 spiro atoms. The van der Waals surface area contributed by atoms with Crippen LogP contribution >= 0.6 is 0 Å². The van der Waals surface area contributed by atoms with E-state index in [1.54, 1.807) is 19.2 Å². The van der Waals surface area contributed by atoms with Gasteiger partial charge in [-0.1, -0.05) is 30.3 Å². The number of amides is 2. The molecule has 2 N–H and O–H groups in total. The predicted octanol–water partition coefficient (Wildman–Crippen LogP) is 3.03. The summed E-state index contributed by atoms with van der Waals surface area (Å²) in [6.45, 7) is 3.82. The molecule has 0 aliphatic carbocycles. The molecule has 0 aromatic heterocycles. The van der Waals surface area contributed by atoms with Crippen molar-refractivity contribution < 1.29 is 19.5 Å². The Balaban J connectivity index is 1.86. The Morgan fingerprint density at radius 3 is 2.15 bits per heavy atom. The van der Waals surface area contributed by atoms with Crippen LogP contribution in [-0.2, 0) is 16.0 Å². The van der Waals surface area contributed by atoms with Crippen molar-refractivity contribution in [3.63, 3.8) is 0 Å². The Morgan fingerprint density at radius 1 is 1.00 bits per heavy atom. The third-order valence-corrected chi connectivity index (χ3v) is 4.38. The van der Waals surface area contributed by atoms with Crippen LogP contribution in [0.5, 0.6) is 0 Å². The van der Waals surface area contributed by atoms with Gasteiger partial charge in [-0.25, -0.2) is 4.79 Å². The highest BCUT2D eigenvalue weighted by Gasteiger charge is 2.14. The molecule has 0 radical (unpaired) electrons. The minimum atomic E-state index is -0.979. The topological polar surface area (TPSA) is 86.7 Å². The number of aromatic carboxylic acids is 1. The predicted molar refractivity (Wildman–Crippen MR) is 104 cm³/mol. The lowest BCUT2D eigenvalue weighted by atomic mass is 10.1. The maximum Gasteiger partial charge on any atom is 0.335 e. The number of likely N-dealkylation sites (N-methyl/N-ethyl adjacent to an activating group) is 1. The van der Waals surface area contributed by atoms with Crippen molar-refractivity contribution in [3.05, 3.63) is 64.7 Å². The minimum Gasteiger partial charge on any atom is -0.478 e. The molecule has 0 heterocycles. The summed E-state index contributed by atoms with van der Waals surface area (Å²) >= 11 is 0. The number of carboxylic acid groups (broad SMARTS) is 1. The van der Waals surface area contributed by atoms with Gasteiger partial charge in [0.25, 0.3) is 0 Å². The number of carboxylic acids is 1. The lowest BCUT2D eigenvalue weighted by Crippen LogP contribution is -2.35. The second-order valence-corrected chi connectivity index (χ2v) is 6.57. The Hall–Kier alpha value is -3.15. The number of anilines is 1. The van der Waals surface area contributed by atoms with Crippen molar-refractivity contribution >= 4 is 23.5 Å². The maximum absolute atomic E-state index is 12.3. The molecule has 2 amide bonds. The number of benzene rings is 2. The van der Waals surface area contributed by atoms with E-state index >= 15 is 0 Å². The number of para-hydroxylation sites is 1. The molecule has 0 fully saturated rings. The Kier molecular flexibility index (Phi) is 6.71. The molecule has 2 aromatic carbocycles. The largest absolute Gasteiger partial charge is 0.478 e. The molecule has 0 saturated carbocycles. The van der Waals surface area contributed by atoms with Gasteiger partial charge in [-0.05, 0) is 49.1 Å². The fourth-order valence-electron chi connectivity index (χ4n) is 2.75. The average molecular weight is 368 g/mol. The van der Waals surface area contributed by atoms with Gasteiger partial charge in [0.15, 0.2) is 0 Å². The zero-order chi connectivity index (χ0) is 20.0. The summed E-state index contributed by atoms with van der Waals surface area (Å²) < 4.78 is 0. The SMILES string of the molecule is Cc1cccc(C)c1NC(=O)CN(C)C(=O)CCc1ccc(C(=O)O)cc1. The van der Waals surface area contributed by atoms with Gasteiger partial charge in [-0.3, -0.25) is 9.59 Å². The van der Waals surface area contributed by atoms with Crippen LogP contribution in [0.2, 0.25) is 0 Å². The summed E-state index contributed by atoms with van der Waals surface area (Å²) in [7, 11) is 1.60. The van der Waals surface area contributed by atoms with Crippen molar-refractivity contribution in [3.8, 4) is 0 Å². The Bertz CT molecular complexity index is 824. The van der Waals surface area contributed by atoms with E-state index in [0.717, 1.165) is 22.4 Å². The first-order chi connectivity index (χ1) is 12.8. The third-order valence-electron chi connectivity index (χ3n) is 4.38. The van der Waals surface area contributed by atoms with E-state index in [1.165, 1.54) is 17.0 Å². The van der Waals surface area contributed by atoms with Crippen LogP contribution in [-0.4, -0.2) is 41.4 Å². The van der Waals surface area contributed by atoms with E-state index in [4.69, 9.17) is 5.11 Å². The molecule has 0 saturated heterocycles. The van der Waals surface area contributed by atoms with E-state index in [2.05, 4.69) is 5.32 Å². The molecule has 6 nitrogen and oxygen atoms in total. The number of hydrogen-bond acceptors (Lipinski definition) is 3. The molecule has 6 heteroatoms. The summed E-state index contributed by atoms with van der Waals surface area (Å²) in [5, 5.41) is 11.8. The van der Waals surface area contributed by atoms with E-state index < -0.39 is 5.97 Å². The van der Waals surface area contributed by atoms with Crippen LogP contribution in [0.25, 0.3) is 0 Å². The molecule has 2 rings (SSSR count). The summed E-state index contributed by atoms with van der Waals surface area (Å²) in [6, 6.07) is 12.2. The van der Waals surface area contributed by atoms with Gasteiger partial charge in [0.05, 0.1) is 12.1 Å². The second-order valence-electron chi connectivity index (χ2n) is 6.57. The lowest BCUT2D eigenvalue weighted by Gasteiger charge is -2.18. The normalized spacial score (nSPS) is 10.3. The third kappa shape index (κ3) is 5.67.